The SMILES string of the molecule is CCOCCNCc1cccc(NC(=O)C(F)(F)F)c1. The highest BCUT2D eigenvalue weighted by atomic mass is 19.4. The van der Waals surface area contributed by atoms with Crippen molar-refractivity contribution in [1.29, 1.82) is 0 Å². The number of hydrogen-bond acceptors (Lipinski definition) is 3. The molecule has 112 valence electrons. The third-order valence-corrected chi connectivity index (χ3v) is 2.40. The van der Waals surface area contributed by atoms with Crippen LogP contribution in [-0.2, 0) is 16.1 Å². The van der Waals surface area contributed by atoms with Crippen molar-refractivity contribution in [2.45, 2.75) is 19.6 Å². The number of amides is 1. The minimum absolute atomic E-state index is 0.122. The normalized spacial score (nSPS) is 11.4. The molecular weight excluding hydrogens is 273 g/mol. The fourth-order valence-corrected chi connectivity index (χ4v) is 1.48. The quantitative estimate of drug-likeness (QED) is 0.758. The maximum atomic E-state index is 12.1. The predicted octanol–water partition coefficient (Wildman–Crippen LogP) is 2.31. The number of ether oxygens (including phenoxy) is 1. The highest BCUT2D eigenvalue weighted by Crippen LogP contribution is 2.18. The molecule has 4 nitrogen and oxygen atoms in total. The van der Waals surface area contributed by atoms with E-state index in [2.05, 4.69) is 5.32 Å². The number of hydrogen-bond donors (Lipinski definition) is 2. The summed E-state index contributed by atoms with van der Waals surface area (Å²) >= 11 is 0. The molecule has 0 aliphatic rings. The van der Waals surface area contributed by atoms with Gasteiger partial charge in [0.25, 0.3) is 0 Å². The number of rotatable bonds is 7. The molecule has 0 unspecified atom stereocenters. The van der Waals surface area contributed by atoms with Gasteiger partial charge in [0.1, 0.15) is 0 Å². The second-order valence-corrected chi connectivity index (χ2v) is 4.03. The van der Waals surface area contributed by atoms with Gasteiger partial charge in [-0.1, -0.05) is 12.1 Å². The number of carbonyl (C=O) groups excluding carboxylic acids is 1. The van der Waals surface area contributed by atoms with Crippen molar-refractivity contribution in [3.63, 3.8) is 0 Å². The van der Waals surface area contributed by atoms with E-state index in [9.17, 15) is 18.0 Å². The van der Waals surface area contributed by atoms with Gasteiger partial charge in [0.2, 0.25) is 0 Å². The van der Waals surface area contributed by atoms with Gasteiger partial charge in [-0.2, -0.15) is 13.2 Å². The first-order chi connectivity index (χ1) is 9.43. The van der Waals surface area contributed by atoms with Crippen molar-refractivity contribution in [1.82, 2.24) is 5.32 Å². The van der Waals surface area contributed by atoms with Crippen LogP contribution in [0.1, 0.15) is 12.5 Å². The first-order valence-corrected chi connectivity index (χ1v) is 6.19. The zero-order valence-electron chi connectivity index (χ0n) is 11.1. The maximum absolute atomic E-state index is 12.1. The molecule has 0 aromatic heterocycles. The molecule has 0 saturated carbocycles. The predicted molar refractivity (Wildman–Crippen MR) is 69.3 cm³/mol. The van der Waals surface area contributed by atoms with E-state index in [4.69, 9.17) is 4.74 Å². The Balaban J connectivity index is 2.47. The van der Waals surface area contributed by atoms with Gasteiger partial charge in [-0.3, -0.25) is 4.79 Å². The molecule has 20 heavy (non-hydrogen) atoms. The lowest BCUT2D eigenvalue weighted by atomic mass is 10.2. The van der Waals surface area contributed by atoms with Crippen LogP contribution in [0.2, 0.25) is 0 Å². The minimum Gasteiger partial charge on any atom is -0.380 e. The van der Waals surface area contributed by atoms with Gasteiger partial charge in [0.15, 0.2) is 0 Å². The van der Waals surface area contributed by atoms with Crippen molar-refractivity contribution < 1.29 is 22.7 Å². The first kappa shape index (κ1) is 16.5. The van der Waals surface area contributed by atoms with Gasteiger partial charge in [-0.15, -0.1) is 0 Å². The zero-order chi connectivity index (χ0) is 15.0. The number of carbonyl (C=O) groups is 1. The van der Waals surface area contributed by atoms with Crippen molar-refractivity contribution >= 4 is 11.6 Å². The van der Waals surface area contributed by atoms with Crippen molar-refractivity contribution in [3.05, 3.63) is 29.8 Å². The summed E-state index contributed by atoms with van der Waals surface area (Å²) in [5.74, 6) is -1.97. The molecule has 0 spiro atoms. The van der Waals surface area contributed by atoms with Crippen LogP contribution in [0.25, 0.3) is 0 Å². The fourth-order valence-electron chi connectivity index (χ4n) is 1.48. The first-order valence-electron chi connectivity index (χ1n) is 6.19. The second-order valence-electron chi connectivity index (χ2n) is 4.03. The van der Waals surface area contributed by atoms with E-state index < -0.39 is 12.1 Å². The lowest BCUT2D eigenvalue weighted by Crippen LogP contribution is -2.30. The minimum atomic E-state index is -4.88. The van der Waals surface area contributed by atoms with Crippen LogP contribution in [-0.4, -0.2) is 31.8 Å². The number of benzene rings is 1. The molecule has 0 aliphatic heterocycles. The number of alkyl halides is 3. The summed E-state index contributed by atoms with van der Waals surface area (Å²) < 4.78 is 41.5. The molecule has 1 rings (SSSR count). The Hall–Kier alpha value is -1.60. The third-order valence-electron chi connectivity index (χ3n) is 2.40. The van der Waals surface area contributed by atoms with Crippen LogP contribution in [0, 0.1) is 0 Å². The average molecular weight is 290 g/mol. The van der Waals surface area contributed by atoms with E-state index >= 15 is 0 Å². The van der Waals surface area contributed by atoms with E-state index in [0.717, 1.165) is 5.56 Å². The van der Waals surface area contributed by atoms with E-state index in [-0.39, 0.29) is 5.69 Å². The smallest absolute Gasteiger partial charge is 0.380 e. The standard InChI is InChI=1S/C13H17F3N2O2/c1-2-20-7-6-17-9-10-4-3-5-11(8-10)18-12(19)13(14,15)16/h3-5,8,17H,2,6-7,9H2,1H3,(H,18,19). The summed E-state index contributed by atoms with van der Waals surface area (Å²) in [5, 5.41) is 4.90. The third kappa shape index (κ3) is 6.03. The van der Waals surface area contributed by atoms with Crippen LogP contribution in [0.5, 0.6) is 0 Å². The molecule has 1 amide bonds. The van der Waals surface area contributed by atoms with Crippen molar-refractivity contribution in [2.75, 3.05) is 25.1 Å². The molecule has 1 aromatic carbocycles. The molecule has 0 fully saturated rings. The maximum Gasteiger partial charge on any atom is 0.471 e. The van der Waals surface area contributed by atoms with Crippen LogP contribution in [0.15, 0.2) is 24.3 Å². The second kappa shape index (κ2) is 7.86. The van der Waals surface area contributed by atoms with Crippen LogP contribution in [0.4, 0.5) is 18.9 Å². The van der Waals surface area contributed by atoms with E-state index in [1.807, 2.05) is 12.2 Å². The molecule has 0 saturated heterocycles. The van der Waals surface area contributed by atoms with Gasteiger partial charge in [0.05, 0.1) is 6.61 Å². The summed E-state index contributed by atoms with van der Waals surface area (Å²) in [5.41, 5.74) is 0.901. The van der Waals surface area contributed by atoms with Crippen LogP contribution in [0.3, 0.4) is 0 Å². The van der Waals surface area contributed by atoms with Gasteiger partial charge in [0, 0.05) is 25.4 Å². The molecule has 0 atom stereocenters. The van der Waals surface area contributed by atoms with E-state index in [1.165, 1.54) is 12.1 Å². The fraction of sp³-hybridized carbons (Fsp3) is 0.462. The summed E-state index contributed by atoms with van der Waals surface area (Å²) in [6.45, 7) is 4.24. The molecule has 0 heterocycles. The van der Waals surface area contributed by atoms with Crippen LogP contribution < -0.4 is 10.6 Å². The lowest BCUT2D eigenvalue weighted by Gasteiger charge is -2.10. The van der Waals surface area contributed by atoms with E-state index in [0.29, 0.717) is 26.3 Å². The Labute approximate surface area is 115 Å². The molecule has 0 aliphatic carbocycles. The van der Waals surface area contributed by atoms with E-state index in [1.54, 1.807) is 12.1 Å². The van der Waals surface area contributed by atoms with Gasteiger partial charge in [-0.25, -0.2) is 0 Å². The summed E-state index contributed by atoms with van der Waals surface area (Å²) in [7, 11) is 0. The number of halogens is 3. The van der Waals surface area contributed by atoms with Crippen molar-refractivity contribution in [3.8, 4) is 0 Å². The summed E-state index contributed by atoms with van der Waals surface area (Å²) in [6.07, 6.45) is -4.88. The molecule has 7 heteroatoms. The lowest BCUT2D eigenvalue weighted by molar-refractivity contribution is -0.167. The molecule has 0 bridgehead atoms. The average Bonchev–Trinajstić information content (AvgIpc) is 2.38. The van der Waals surface area contributed by atoms with Gasteiger partial charge >= 0.3 is 12.1 Å². The monoisotopic (exact) mass is 290 g/mol. The largest absolute Gasteiger partial charge is 0.471 e. The number of anilines is 1. The highest BCUT2D eigenvalue weighted by Gasteiger charge is 2.38. The molecule has 1 aromatic rings. The van der Waals surface area contributed by atoms with Crippen LogP contribution >= 0.6 is 0 Å². The Kier molecular flexibility index (Phi) is 6.47. The van der Waals surface area contributed by atoms with Gasteiger partial charge in [-0.05, 0) is 24.6 Å². The zero-order valence-corrected chi connectivity index (χ0v) is 11.1. The van der Waals surface area contributed by atoms with Gasteiger partial charge < -0.3 is 15.4 Å². The topological polar surface area (TPSA) is 50.4 Å². The molecule has 2 N–H and O–H groups in total. The Bertz CT molecular complexity index is 436. The van der Waals surface area contributed by atoms with Crippen molar-refractivity contribution in [2.24, 2.45) is 0 Å². The molecular formula is C13H17F3N2O2. The Morgan fingerprint density at radius 1 is 1.35 bits per heavy atom. The summed E-state index contributed by atoms with van der Waals surface area (Å²) in [6, 6.07) is 6.26. The Morgan fingerprint density at radius 3 is 2.75 bits per heavy atom. The molecule has 0 radical (unpaired) electrons. The number of nitrogens with one attached hydrogen (secondary N) is 2. The highest BCUT2D eigenvalue weighted by molar-refractivity contribution is 5.94. The summed E-state index contributed by atoms with van der Waals surface area (Å²) in [4.78, 5) is 10.8. The Morgan fingerprint density at radius 2 is 2.10 bits per heavy atom.